The van der Waals surface area contributed by atoms with Crippen molar-refractivity contribution < 1.29 is 0 Å². The minimum absolute atomic E-state index is 0.968. The second-order valence-corrected chi connectivity index (χ2v) is 13.2. The Kier molecular flexibility index (Phi) is 5.92. The minimum atomic E-state index is 0.968. The molecule has 0 amide bonds. The maximum absolute atomic E-state index is 4.85. The Morgan fingerprint density at radius 3 is 1.59 bits per heavy atom. The largest absolute Gasteiger partial charge is 0.309 e. The molecule has 0 radical (unpaired) electrons. The van der Waals surface area contributed by atoms with Crippen molar-refractivity contribution in [2.45, 2.75) is 0 Å². The molecule has 4 heteroatoms. The van der Waals surface area contributed by atoms with Crippen LogP contribution in [0, 0.1) is 0 Å². The summed E-state index contributed by atoms with van der Waals surface area (Å²) >= 11 is 0. The van der Waals surface area contributed by atoms with Gasteiger partial charge in [0.1, 0.15) is 5.65 Å². The zero-order chi connectivity index (χ0) is 33.5. The van der Waals surface area contributed by atoms with Gasteiger partial charge in [-0.1, -0.05) is 103 Å². The van der Waals surface area contributed by atoms with Gasteiger partial charge >= 0.3 is 0 Å². The molecule has 0 aliphatic rings. The van der Waals surface area contributed by atoms with Gasteiger partial charge in [-0.05, 0) is 78.4 Å². The molecule has 7 aromatic carbocycles. The Balaban J connectivity index is 1.13. The van der Waals surface area contributed by atoms with Crippen LogP contribution >= 0.6 is 0 Å². The van der Waals surface area contributed by atoms with E-state index in [-0.39, 0.29) is 0 Å². The summed E-state index contributed by atoms with van der Waals surface area (Å²) < 4.78 is 7.12. The zero-order valence-corrected chi connectivity index (χ0v) is 27.6. The standard InChI is InChI=1S/C47H30N4/c1-6-21-41(34(15-1)31-13-11-14-32(29-31)49-42-22-7-2-16-35(42)36-17-3-8-23-43(36)49)51-45-25-10-5-19-38(45)40-30-33(26-27-46(40)51)50-44-24-9-4-18-37(44)39-20-12-28-48-47(39)50/h1-30H. The van der Waals surface area contributed by atoms with E-state index < -0.39 is 0 Å². The summed E-state index contributed by atoms with van der Waals surface area (Å²) in [5, 5.41) is 7.32. The molecule has 0 spiro atoms. The van der Waals surface area contributed by atoms with E-state index >= 15 is 0 Å². The Morgan fingerprint density at radius 2 is 0.863 bits per heavy atom. The fourth-order valence-corrected chi connectivity index (χ4v) is 8.34. The maximum Gasteiger partial charge on any atom is 0.145 e. The monoisotopic (exact) mass is 650 g/mol. The molecular weight excluding hydrogens is 621 g/mol. The lowest BCUT2D eigenvalue weighted by Gasteiger charge is -2.16. The summed E-state index contributed by atoms with van der Waals surface area (Å²) in [4.78, 5) is 4.85. The summed E-state index contributed by atoms with van der Waals surface area (Å²) in [6.07, 6.45) is 1.88. The topological polar surface area (TPSA) is 27.7 Å². The molecule has 51 heavy (non-hydrogen) atoms. The van der Waals surface area contributed by atoms with Crippen molar-refractivity contribution in [1.82, 2.24) is 18.7 Å². The molecule has 0 aliphatic carbocycles. The van der Waals surface area contributed by atoms with Crippen LogP contribution in [0.3, 0.4) is 0 Å². The smallest absolute Gasteiger partial charge is 0.145 e. The summed E-state index contributed by atoms with van der Waals surface area (Å²) in [7, 11) is 0. The Bertz CT molecular complexity index is 3050. The highest BCUT2D eigenvalue weighted by molar-refractivity contribution is 6.12. The molecular formula is C47H30N4. The predicted molar refractivity (Wildman–Crippen MR) is 213 cm³/mol. The van der Waals surface area contributed by atoms with Gasteiger partial charge in [0, 0.05) is 55.5 Å². The van der Waals surface area contributed by atoms with E-state index in [9.17, 15) is 0 Å². The average molecular weight is 651 g/mol. The van der Waals surface area contributed by atoms with Crippen LogP contribution in [-0.4, -0.2) is 18.7 Å². The highest BCUT2D eigenvalue weighted by Gasteiger charge is 2.19. The number of hydrogen-bond donors (Lipinski definition) is 0. The van der Waals surface area contributed by atoms with E-state index in [0.717, 1.165) is 33.6 Å². The molecule has 0 aliphatic heterocycles. The van der Waals surface area contributed by atoms with Gasteiger partial charge in [-0.3, -0.25) is 4.57 Å². The van der Waals surface area contributed by atoms with Gasteiger partial charge in [0.05, 0.1) is 33.3 Å². The first-order valence-electron chi connectivity index (χ1n) is 17.4. The number of rotatable bonds is 4. The van der Waals surface area contributed by atoms with Crippen LogP contribution in [0.2, 0.25) is 0 Å². The quantitative estimate of drug-likeness (QED) is 0.186. The first-order chi connectivity index (χ1) is 25.3. The fourth-order valence-electron chi connectivity index (χ4n) is 8.34. The fraction of sp³-hybridized carbons (Fsp3) is 0. The van der Waals surface area contributed by atoms with E-state index in [0.29, 0.717) is 0 Å². The second-order valence-electron chi connectivity index (χ2n) is 13.2. The number of aromatic nitrogens is 4. The molecule has 0 bridgehead atoms. The summed E-state index contributed by atoms with van der Waals surface area (Å²) in [6.45, 7) is 0. The van der Waals surface area contributed by atoms with Crippen molar-refractivity contribution in [2.75, 3.05) is 0 Å². The molecule has 0 N–H and O–H groups in total. The summed E-state index contributed by atoms with van der Waals surface area (Å²) in [5.74, 6) is 0. The Morgan fingerprint density at radius 1 is 0.333 bits per heavy atom. The van der Waals surface area contributed by atoms with Crippen molar-refractivity contribution in [2.24, 2.45) is 0 Å². The minimum Gasteiger partial charge on any atom is -0.309 e. The van der Waals surface area contributed by atoms with Gasteiger partial charge in [-0.15, -0.1) is 0 Å². The molecule has 0 saturated carbocycles. The summed E-state index contributed by atoms with van der Waals surface area (Å²) in [6, 6.07) is 63.5. The van der Waals surface area contributed by atoms with Crippen LogP contribution in [0.15, 0.2) is 182 Å². The molecule has 4 heterocycles. The molecule has 0 saturated heterocycles. The SMILES string of the molecule is c1cc(-c2ccccc2-n2c3ccccc3c3cc(-n4c5ccccc5c5cccnc54)ccc32)cc(-n2c3ccccc3c3ccccc32)c1. The van der Waals surface area contributed by atoms with E-state index in [1.54, 1.807) is 0 Å². The van der Waals surface area contributed by atoms with E-state index in [4.69, 9.17) is 4.98 Å². The number of para-hydroxylation sites is 5. The highest BCUT2D eigenvalue weighted by Crippen LogP contribution is 2.39. The van der Waals surface area contributed by atoms with Crippen molar-refractivity contribution in [3.8, 4) is 28.2 Å². The first kappa shape index (κ1) is 28.0. The third-order valence-corrected chi connectivity index (χ3v) is 10.5. The lowest BCUT2D eigenvalue weighted by atomic mass is 10.0. The van der Waals surface area contributed by atoms with Crippen LogP contribution in [0.1, 0.15) is 0 Å². The van der Waals surface area contributed by atoms with Crippen molar-refractivity contribution in [1.29, 1.82) is 0 Å². The number of nitrogens with zero attached hydrogens (tertiary/aromatic N) is 4. The van der Waals surface area contributed by atoms with Crippen LogP contribution in [0.25, 0.3) is 93.7 Å². The van der Waals surface area contributed by atoms with Crippen LogP contribution in [-0.2, 0) is 0 Å². The van der Waals surface area contributed by atoms with E-state index in [1.807, 2.05) is 12.3 Å². The van der Waals surface area contributed by atoms with Gasteiger partial charge < -0.3 is 9.13 Å². The highest BCUT2D eigenvalue weighted by atomic mass is 15.0. The lowest BCUT2D eigenvalue weighted by molar-refractivity contribution is 1.13. The molecule has 0 atom stereocenters. The number of hydrogen-bond acceptors (Lipinski definition) is 1. The molecule has 0 fully saturated rings. The molecule has 238 valence electrons. The number of benzene rings is 7. The Labute approximate surface area is 293 Å². The van der Waals surface area contributed by atoms with Gasteiger partial charge in [0.15, 0.2) is 0 Å². The summed E-state index contributed by atoms with van der Waals surface area (Å²) in [5.41, 5.74) is 12.6. The molecule has 11 aromatic rings. The normalized spacial score (nSPS) is 11.9. The second kappa shape index (κ2) is 10.8. The van der Waals surface area contributed by atoms with Gasteiger partial charge in [-0.25, -0.2) is 4.98 Å². The zero-order valence-electron chi connectivity index (χ0n) is 27.6. The van der Waals surface area contributed by atoms with Crippen LogP contribution < -0.4 is 0 Å². The molecule has 11 rings (SSSR count). The van der Waals surface area contributed by atoms with E-state index in [1.165, 1.54) is 60.1 Å². The van der Waals surface area contributed by atoms with Crippen LogP contribution in [0.5, 0.6) is 0 Å². The number of pyridine rings is 1. The van der Waals surface area contributed by atoms with Crippen molar-refractivity contribution in [3.05, 3.63) is 182 Å². The Hall–Kier alpha value is -6.91. The third kappa shape index (κ3) is 4.05. The van der Waals surface area contributed by atoms with Gasteiger partial charge in [-0.2, -0.15) is 0 Å². The van der Waals surface area contributed by atoms with Crippen molar-refractivity contribution >= 4 is 65.5 Å². The third-order valence-electron chi connectivity index (χ3n) is 10.5. The van der Waals surface area contributed by atoms with Gasteiger partial charge in [0.25, 0.3) is 0 Å². The van der Waals surface area contributed by atoms with Gasteiger partial charge in [0.2, 0.25) is 0 Å². The lowest BCUT2D eigenvalue weighted by Crippen LogP contribution is -1.99. The first-order valence-corrected chi connectivity index (χ1v) is 17.4. The predicted octanol–water partition coefficient (Wildman–Crippen LogP) is 12.0. The van der Waals surface area contributed by atoms with Crippen LogP contribution in [0.4, 0.5) is 0 Å². The number of fused-ring (bicyclic) bond motifs is 9. The molecule has 4 nitrogen and oxygen atoms in total. The van der Waals surface area contributed by atoms with E-state index in [2.05, 4.69) is 184 Å². The molecule has 0 unspecified atom stereocenters. The average Bonchev–Trinajstić information content (AvgIpc) is 3.84. The van der Waals surface area contributed by atoms with Crippen molar-refractivity contribution in [3.63, 3.8) is 0 Å². The maximum atomic E-state index is 4.85. The molecule has 4 aromatic heterocycles.